The summed E-state index contributed by atoms with van der Waals surface area (Å²) in [5.41, 5.74) is 0.746. The average Bonchev–Trinajstić information content (AvgIpc) is 3.39. The molecule has 0 aliphatic carbocycles. The largest absolute Gasteiger partial charge is 0.462 e. The number of allylic oxidation sites excluding steroid dienone is 1. The van der Waals surface area contributed by atoms with Gasteiger partial charge in [0.05, 0.1) is 37.5 Å². The van der Waals surface area contributed by atoms with E-state index >= 15 is 0 Å². The number of ether oxygens (including phenoxy) is 5. The molecule has 3 rings (SSSR count). The summed E-state index contributed by atoms with van der Waals surface area (Å²) in [6.45, 7) is 2.37. The smallest absolute Gasteiger partial charge is 0.407 e. The zero-order chi connectivity index (χ0) is 29.5. The second kappa shape index (κ2) is 17.6. The molecular weight excluding hydrogens is 532 g/mol. The van der Waals surface area contributed by atoms with E-state index in [0.29, 0.717) is 44.5 Å². The first-order valence-corrected chi connectivity index (χ1v) is 14.6. The van der Waals surface area contributed by atoms with Gasteiger partial charge in [-0.3, -0.25) is 4.79 Å². The third-order valence-corrected chi connectivity index (χ3v) is 7.13. The van der Waals surface area contributed by atoms with Gasteiger partial charge in [-0.2, -0.15) is 0 Å². The van der Waals surface area contributed by atoms with Crippen LogP contribution in [0.1, 0.15) is 82.7 Å². The van der Waals surface area contributed by atoms with Crippen LogP contribution in [0.25, 0.3) is 6.08 Å². The molecule has 1 N–H and O–H groups in total. The number of cyclic esters (lactones) is 1. The van der Waals surface area contributed by atoms with Gasteiger partial charge in [0.1, 0.15) is 18.5 Å². The Morgan fingerprint density at radius 2 is 1.95 bits per heavy atom. The maximum atomic E-state index is 12.7. The number of rotatable bonds is 11. The molecule has 2 saturated heterocycles. The highest BCUT2D eigenvalue weighted by Crippen LogP contribution is 2.29. The van der Waals surface area contributed by atoms with Crippen molar-refractivity contribution < 1.29 is 42.5 Å². The minimum absolute atomic E-state index is 0.0348. The number of oxazole rings is 1. The molecule has 0 spiro atoms. The highest BCUT2D eigenvalue weighted by atomic mass is 16.6. The van der Waals surface area contributed by atoms with E-state index in [2.05, 4.69) is 22.0 Å². The number of nitrogens with one attached hydrogen (secondary N) is 1. The van der Waals surface area contributed by atoms with Gasteiger partial charge in [0.25, 0.3) is 0 Å². The standard InChI is InChI=1S/C30H44N2O9/c1-4-9-23-16-22(36-2)11-7-12-24-17-25(18-26(39-24)19-29(34)40-23)41-28(33)14-6-5-10-21-20-38-27(32-21)13-8-15-31-30(35)37-3/h6,8,13-14,20,22-26H,4-5,7,9-12,15-19H2,1-3H3,(H,31,35)/b13-8-,14-6-/t22-,23-,24+,25+,26+/m0/s1. The first-order valence-electron chi connectivity index (χ1n) is 14.6. The fraction of sp³-hybridized carbons (Fsp3) is 0.667. The molecule has 11 heteroatoms. The number of hydrogen-bond donors (Lipinski definition) is 1. The average molecular weight is 577 g/mol. The number of hydrogen-bond acceptors (Lipinski definition) is 10. The zero-order valence-corrected chi connectivity index (χ0v) is 24.4. The Kier molecular flexibility index (Phi) is 13.9. The number of aryl methyl sites for hydroxylation is 1. The van der Waals surface area contributed by atoms with Crippen LogP contribution in [-0.4, -0.2) is 74.3 Å². The first-order chi connectivity index (χ1) is 19.9. The van der Waals surface area contributed by atoms with Crippen molar-refractivity contribution in [3.05, 3.63) is 36.1 Å². The summed E-state index contributed by atoms with van der Waals surface area (Å²) in [6, 6.07) is 0. The Balaban J connectivity index is 1.46. The molecule has 3 heterocycles. The molecule has 0 saturated carbocycles. The van der Waals surface area contributed by atoms with Crippen LogP contribution >= 0.6 is 0 Å². The van der Waals surface area contributed by atoms with Gasteiger partial charge >= 0.3 is 18.0 Å². The van der Waals surface area contributed by atoms with Crippen molar-refractivity contribution in [2.45, 2.75) is 108 Å². The number of nitrogens with zero attached hydrogens (tertiary/aromatic N) is 1. The molecule has 1 aromatic heterocycles. The van der Waals surface area contributed by atoms with Crippen LogP contribution < -0.4 is 5.32 Å². The van der Waals surface area contributed by atoms with Crippen LogP contribution in [0, 0.1) is 0 Å². The monoisotopic (exact) mass is 576 g/mol. The Bertz CT molecular complexity index is 1020. The van der Waals surface area contributed by atoms with Gasteiger partial charge in [0.15, 0.2) is 0 Å². The summed E-state index contributed by atoms with van der Waals surface area (Å²) in [6.07, 6.45) is 14.2. The molecule has 228 valence electrons. The normalized spacial score (nSPS) is 25.7. The van der Waals surface area contributed by atoms with Gasteiger partial charge in [-0.1, -0.05) is 25.5 Å². The number of methoxy groups -OCH3 is 2. The van der Waals surface area contributed by atoms with E-state index in [1.807, 2.05) is 0 Å². The number of aromatic nitrogens is 1. The predicted octanol–water partition coefficient (Wildman–Crippen LogP) is 4.68. The number of amides is 1. The van der Waals surface area contributed by atoms with Gasteiger partial charge < -0.3 is 33.4 Å². The predicted molar refractivity (Wildman–Crippen MR) is 150 cm³/mol. The maximum Gasteiger partial charge on any atom is 0.407 e. The molecule has 2 fully saturated rings. The molecule has 0 radical (unpaired) electrons. The molecule has 0 unspecified atom stereocenters. The zero-order valence-electron chi connectivity index (χ0n) is 24.4. The van der Waals surface area contributed by atoms with Crippen molar-refractivity contribution in [1.82, 2.24) is 10.3 Å². The van der Waals surface area contributed by atoms with Crippen LogP contribution in [0.3, 0.4) is 0 Å². The van der Waals surface area contributed by atoms with E-state index in [0.717, 1.165) is 37.8 Å². The molecule has 1 aromatic rings. The molecule has 41 heavy (non-hydrogen) atoms. The van der Waals surface area contributed by atoms with Crippen molar-refractivity contribution in [2.24, 2.45) is 0 Å². The van der Waals surface area contributed by atoms with Gasteiger partial charge in [-0.15, -0.1) is 0 Å². The van der Waals surface area contributed by atoms with Crippen molar-refractivity contribution >= 4 is 24.1 Å². The lowest BCUT2D eigenvalue weighted by atomic mass is 9.94. The van der Waals surface area contributed by atoms with E-state index in [-0.39, 0.29) is 42.9 Å². The summed E-state index contributed by atoms with van der Waals surface area (Å²) in [7, 11) is 3.00. The van der Waals surface area contributed by atoms with E-state index in [9.17, 15) is 14.4 Å². The first kappa shape index (κ1) is 32.3. The second-order valence-electron chi connectivity index (χ2n) is 10.4. The van der Waals surface area contributed by atoms with Crippen LogP contribution in [-0.2, 0) is 39.7 Å². The van der Waals surface area contributed by atoms with E-state index in [1.165, 1.54) is 13.2 Å². The Morgan fingerprint density at radius 1 is 1.12 bits per heavy atom. The Labute approximate surface area is 242 Å². The molecule has 2 aliphatic rings. The van der Waals surface area contributed by atoms with Gasteiger partial charge in [-0.05, 0) is 44.6 Å². The highest BCUT2D eigenvalue weighted by molar-refractivity contribution is 5.82. The van der Waals surface area contributed by atoms with Crippen molar-refractivity contribution in [1.29, 1.82) is 0 Å². The lowest BCUT2D eigenvalue weighted by Gasteiger charge is -2.35. The number of alkyl carbamates (subject to hydrolysis) is 1. The number of fused-ring (bicyclic) bond motifs is 2. The summed E-state index contributed by atoms with van der Waals surface area (Å²) >= 11 is 0. The molecule has 5 atom stereocenters. The lowest BCUT2D eigenvalue weighted by Crippen LogP contribution is -2.40. The summed E-state index contributed by atoms with van der Waals surface area (Å²) in [5.74, 6) is -0.270. The minimum Gasteiger partial charge on any atom is -0.462 e. The van der Waals surface area contributed by atoms with Crippen molar-refractivity contribution in [3.8, 4) is 0 Å². The molecule has 0 aromatic carbocycles. The molecule has 1 amide bonds. The minimum atomic E-state index is -0.513. The van der Waals surface area contributed by atoms with E-state index < -0.39 is 12.1 Å². The second-order valence-corrected chi connectivity index (χ2v) is 10.4. The van der Waals surface area contributed by atoms with E-state index in [4.69, 9.17) is 23.4 Å². The number of esters is 2. The van der Waals surface area contributed by atoms with Gasteiger partial charge in [0, 0.05) is 39.0 Å². The SMILES string of the molecule is CCC[C@H]1C[C@@H](OC)CCC[C@@H]2C[C@@H](OC(=O)/C=C\CCc3coc(/C=C\CNC(=O)OC)n3)C[C@H](CC(=O)O1)O2. The molecular formula is C30H44N2O9. The lowest BCUT2D eigenvalue weighted by molar-refractivity contribution is -0.167. The third-order valence-electron chi connectivity index (χ3n) is 7.13. The summed E-state index contributed by atoms with van der Waals surface area (Å²) in [4.78, 5) is 40.7. The third kappa shape index (κ3) is 12.1. The fourth-order valence-corrected chi connectivity index (χ4v) is 5.15. The van der Waals surface area contributed by atoms with Crippen molar-refractivity contribution in [3.63, 3.8) is 0 Å². The topological polar surface area (TPSA) is 135 Å². The fourth-order valence-electron chi connectivity index (χ4n) is 5.15. The van der Waals surface area contributed by atoms with Crippen LogP contribution in [0.4, 0.5) is 4.79 Å². The number of carbonyl (C=O) groups excluding carboxylic acids is 3. The highest BCUT2D eigenvalue weighted by Gasteiger charge is 2.34. The Hall–Kier alpha value is -3.18. The van der Waals surface area contributed by atoms with Crippen LogP contribution in [0.5, 0.6) is 0 Å². The molecule has 2 bridgehead atoms. The van der Waals surface area contributed by atoms with E-state index in [1.54, 1.807) is 31.6 Å². The van der Waals surface area contributed by atoms with Crippen LogP contribution in [0.2, 0.25) is 0 Å². The molecule has 11 nitrogen and oxygen atoms in total. The van der Waals surface area contributed by atoms with Gasteiger partial charge in [0.2, 0.25) is 5.89 Å². The summed E-state index contributed by atoms with van der Waals surface area (Å²) in [5, 5.41) is 2.53. The number of carbonyl (C=O) groups is 3. The summed E-state index contributed by atoms with van der Waals surface area (Å²) < 4.78 is 33.3. The quantitative estimate of drug-likeness (QED) is 0.225. The maximum absolute atomic E-state index is 12.7. The molecule has 2 aliphatic heterocycles. The van der Waals surface area contributed by atoms with Gasteiger partial charge in [-0.25, -0.2) is 14.6 Å². The van der Waals surface area contributed by atoms with Crippen LogP contribution in [0.15, 0.2) is 28.9 Å². The van der Waals surface area contributed by atoms with Crippen molar-refractivity contribution in [2.75, 3.05) is 20.8 Å². The Morgan fingerprint density at radius 3 is 2.73 bits per heavy atom.